The van der Waals surface area contributed by atoms with Gasteiger partial charge in [-0.15, -0.1) is 0 Å². The highest BCUT2D eigenvalue weighted by Crippen LogP contribution is 2.55. The first-order valence-corrected chi connectivity index (χ1v) is 30.1. The zero-order chi connectivity index (χ0) is 52.7. The van der Waals surface area contributed by atoms with Gasteiger partial charge in [-0.3, -0.25) is 19.6 Å². The summed E-state index contributed by atoms with van der Waals surface area (Å²) in [5, 5.41) is 34.4. The van der Waals surface area contributed by atoms with E-state index in [1.807, 2.05) is 36.4 Å². The molecule has 2 unspecified atom stereocenters. The number of piperidine rings is 3. The highest BCUT2D eigenvalue weighted by atomic mass is 35.5. The minimum atomic E-state index is 0.236. The van der Waals surface area contributed by atoms with Crippen molar-refractivity contribution in [1.29, 1.82) is 10.5 Å². The number of amides is 2. The molecular weight excluding hydrogens is 992 g/mol. The second-order valence-corrected chi connectivity index (χ2v) is 26.1. The number of hydrazone groups is 2. The van der Waals surface area contributed by atoms with E-state index in [-0.39, 0.29) is 11.8 Å². The van der Waals surface area contributed by atoms with Gasteiger partial charge < -0.3 is 29.4 Å². The Morgan fingerprint density at radius 2 is 0.974 bits per heavy atom. The number of piperazine rings is 1. The zero-order valence-corrected chi connectivity index (χ0v) is 47.2. The van der Waals surface area contributed by atoms with E-state index >= 15 is 0 Å². The second kappa shape index (κ2) is 22.6. The van der Waals surface area contributed by atoms with Crippen molar-refractivity contribution in [2.45, 2.75) is 147 Å². The Balaban J connectivity index is 0.000000162. The number of nitriles is 2. The Morgan fingerprint density at radius 3 is 1.34 bits per heavy atom. The molecule has 76 heavy (non-hydrogen) atoms. The lowest BCUT2D eigenvalue weighted by Crippen LogP contribution is -2.55. The third kappa shape index (κ3) is 11.1. The van der Waals surface area contributed by atoms with Crippen LogP contribution in [0, 0.1) is 57.2 Å². The van der Waals surface area contributed by atoms with Crippen LogP contribution in [-0.4, -0.2) is 158 Å². The van der Waals surface area contributed by atoms with E-state index in [0.29, 0.717) is 73.8 Å². The predicted molar refractivity (Wildman–Crippen MR) is 302 cm³/mol. The van der Waals surface area contributed by atoms with Crippen molar-refractivity contribution in [3.8, 4) is 12.1 Å². The van der Waals surface area contributed by atoms with Crippen LogP contribution in [0.25, 0.3) is 0 Å². The summed E-state index contributed by atoms with van der Waals surface area (Å²) in [5.74, 6) is 5.00. The summed E-state index contributed by atoms with van der Waals surface area (Å²) in [6, 6.07) is 17.1. The topological polar surface area (TPSA) is 132 Å². The summed E-state index contributed by atoms with van der Waals surface area (Å²) < 4.78 is 0. The number of hydrogen-bond donors (Lipinski definition) is 0. The fraction of sp³-hybridized carbons (Fsp3) is 0.700. The number of anilines is 2. The van der Waals surface area contributed by atoms with Crippen LogP contribution in [0.2, 0.25) is 10.0 Å². The number of hydrogen-bond acceptors (Lipinski definition) is 12. The van der Waals surface area contributed by atoms with Crippen molar-refractivity contribution >= 4 is 58.1 Å². The van der Waals surface area contributed by atoms with Crippen LogP contribution < -0.4 is 10.0 Å². The molecule has 12 rings (SSSR count). The molecule has 2 spiro atoms. The number of rotatable bonds is 7. The number of carbonyl (C=O) groups excluding carboxylic acids is 2. The number of likely N-dealkylation sites (tertiary alicyclic amines) is 3. The van der Waals surface area contributed by atoms with E-state index in [9.17, 15) is 20.1 Å². The van der Waals surface area contributed by atoms with E-state index in [2.05, 4.69) is 72.7 Å². The van der Waals surface area contributed by atoms with Gasteiger partial charge in [0.1, 0.15) is 23.8 Å². The van der Waals surface area contributed by atoms with E-state index in [0.717, 1.165) is 154 Å². The zero-order valence-electron chi connectivity index (χ0n) is 45.7. The first-order valence-electron chi connectivity index (χ1n) is 29.4. The lowest BCUT2D eigenvalue weighted by atomic mass is 9.57. The quantitative estimate of drug-likeness (QED) is 0.264. The molecule has 14 nitrogen and oxygen atoms in total. The Hall–Kier alpha value is -4.60. The van der Waals surface area contributed by atoms with Crippen LogP contribution in [0.15, 0.2) is 46.6 Å². The molecule has 408 valence electrons. The third-order valence-electron chi connectivity index (χ3n) is 20.5. The molecule has 0 N–H and O–H groups in total. The Morgan fingerprint density at radius 1 is 0.579 bits per heavy atom. The monoisotopic (exact) mass is 1070 g/mol. The second-order valence-electron chi connectivity index (χ2n) is 25.2. The molecule has 2 aromatic carbocycles. The highest BCUT2D eigenvalue weighted by Gasteiger charge is 2.52. The molecule has 4 saturated heterocycles. The lowest BCUT2D eigenvalue weighted by molar-refractivity contribution is -0.147. The first-order chi connectivity index (χ1) is 36.8. The molecule has 2 amide bonds. The SMILES string of the molecule is CN(C)C1CCN(C(=O)C2CC3(CCN(C4=NN(c5ccc(C#N)c(Cl)c5)C(C5CCCC5)C4)CC3)C2)CC1.CN1CCN(C(=O)C2CC3(CCN(C4=NN(c5ccc(C#N)c(Cl)c5)C(C5CCCC5)C4)CC3)C2)CC1. The van der Waals surface area contributed by atoms with Crippen molar-refractivity contribution in [2.24, 2.45) is 44.7 Å². The van der Waals surface area contributed by atoms with Crippen molar-refractivity contribution in [1.82, 2.24) is 29.4 Å². The molecule has 16 heteroatoms. The van der Waals surface area contributed by atoms with Crippen LogP contribution in [-0.2, 0) is 9.59 Å². The van der Waals surface area contributed by atoms with Gasteiger partial charge in [0.25, 0.3) is 0 Å². The van der Waals surface area contributed by atoms with Crippen molar-refractivity contribution in [3.63, 3.8) is 0 Å². The van der Waals surface area contributed by atoms with Gasteiger partial charge >= 0.3 is 0 Å². The minimum Gasteiger partial charge on any atom is -0.359 e. The van der Waals surface area contributed by atoms with E-state index in [1.165, 1.54) is 63.0 Å². The molecule has 0 aromatic heterocycles. The number of carbonyl (C=O) groups is 2. The van der Waals surface area contributed by atoms with Gasteiger partial charge in [0.05, 0.1) is 44.6 Å². The number of nitrogens with zero attached hydrogens (tertiary/aromatic N) is 12. The normalized spacial score (nSPS) is 27.3. The maximum atomic E-state index is 13.2. The van der Waals surface area contributed by atoms with Crippen LogP contribution in [0.5, 0.6) is 0 Å². The van der Waals surface area contributed by atoms with Gasteiger partial charge in [-0.05, 0) is 170 Å². The van der Waals surface area contributed by atoms with Gasteiger partial charge in [-0.2, -0.15) is 20.7 Å². The average Bonchev–Trinajstić information content (AvgIpc) is 4.30. The molecule has 6 heterocycles. The van der Waals surface area contributed by atoms with E-state index < -0.39 is 0 Å². The molecule has 0 bridgehead atoms. The molecule has 6 aliphatic heterocycles. The Kier molecular flexibility index (Phi) is 15.9. The summed E-state index contributed by atoms with van der Waals surface area (Å²) in [6.07, 6.45) is 23.4. The molecule has 4 aliphatic carbocycles. The summed E-state index contributed by atoms with van der Waals surface area (Å²) >= 11 is 12.8. The van der Waals surface area contributed by atoms with Crippen molar-refractivity contribution in [2.75, 3.05) is 96.6 Å². The predicted octanol–water partition coefficient (Wildman–Crippen LogP) is 9.90. The van der Waals surface area contributed by atoms with Crippen LogP contribution in [0.1, 0.15) is 140 Å². The molecular formula is C60H82Cl2N12O2. The maximum absolute atomic E-state index is 13.2. The van der Waals surface area contributed by atoms with E-state index in [4.69, 9.17) is 33.4 Å². The highest BCUT2D eigenvalue weighted by molar-refractivity contribution is 6.32. The summed E-state index contributed by atoms with van der Waals surface area (Å²) in [5.41, 5.74) is 3.72. The smallest absolute Gasteiger partial charge is 0.225 e. The van der Waals surface area contributed by atoms with Gasteiger partial charge in [-0.1, -0.05) is 48.9 Å². The number of benzene rings is 2. The minimum absolute atomic E-state index is 0.236. The van der Waals surface area contributed by atoms with Crippen LogP contribution in [0.4, 0.5) is 11.4 Å². The molecule has 8 fully saturated rings. The van der Waals surface area contributed by atoms with Gasteiger partial charge in [0, 0.05) is 96.2 Å². The maximum Gasteiger partial charge on any atom is 0.225 e. The van der Waals surface area contributed by atoms with Gasteiger partial charge in [0.2, 0.25) is 11.8 Å². The number of amidine groups is 2. The van der Waals surface area contributed by atoms with Crippen molar-refractivity contribution in [3.05, 3.63) is 57.6 Å². The van der Waals surface area contributed by atoms with Gasteiger partial charge in [-0.25, -0.2) is 0 Å². The van der Waals surface area contributed by atoms with Crippen LogP contribution in [0.3, 0.4) is 0 Å². The van der Waals surface area contributed by atoms with Gasteiger partial charge in [0.15, 0.2) is 0 Å². The first kappa shape index (κ1) is 53.4. The molecule has 4 saturated carbocycles. The molecule has 2 atom stereocenters. The Labute approximate surface area is 462 Å². The number of halogens is 2. The summed E-state index contributed by atoms with van der Waals surface area (Å²) in [6.45, 7) is 9.74. The largest absolute Gasteiger partial charge is 0.359 e. The average molecular weight is 1070 g/mol. The Bertz CT molecular complexity index is 2570. The fourth-order valence-corrected chi connectivity index (χ4v) is 16.0. The molecule has 2 aromatic rings. The number of likely N-dealkylation sites (N-methyl/N-ethyl adjacent to an activating group) is 1. The summed E-state index contributed by atoms with van der Waals surface area (Å²) in [7, 11) is 6.43. The van der Waals surface area contributed by atoms with E-state index in [1.54, 1.807) is 0 Å². The molecule has 10 aliphatic rings. The summed E-state index contributed by atoms with van der Waals surface area (Å²) in [4.78, 5) is 40.1. The van der Waals surface area contributed by atoms with Crippen LogP contribution >= 0.6 is 23.2 Å². The lowest BCUT2D eigenvalue weighted by Gasteiger charge is -2.53. The van der Waals surface area contributed by atoms with Crippen molar-refractivity contribution < 1.29 is 9.59 Å². The third-order valence-corrected chi connectivity index (χ3v) is 21.2. The standard InChI is InChI=1S/C31H43ClN6O.C29H39ClN6O/c1-35(2)25-9-13-37(14-10-25)30(39)24-19-31(20-24)11-15-36(16-12-31)29-18-28(22-5-3-4-6-22)38(34-29)26-8-7-23(21-33)27(32)17-26;1-33-12-14-35(15-13-33)28(37)23-18-29(19-23)8-10-34(11-9-29)27-17-26(21-4-2-3-5-21)36(32-27)24-7-6-22(20-31)25(30)16-24/h7-8,17,22,24-25,28H,3-6,9-16,18-20H2,1-2H3;6-7,16,21,23,26H,2-5,8-15,17-19H2,1H3. The molecule has 0 radical (unpaired) electrons. The fourth-order valence-electron chi connectivity index (χ4n) is 15.6.